The molecule has 0 aliphatic rings. The molecule has 0 rings (SSSR count). The molecule has 0 spiro atoms. The Labute approximate surface area is 135 Å². The van der Waals surface area contributed by atoms with Gasteiger partial charge < -0.3 is 15.3 Å². The van der Waals surface area contributed by atoms with Gasteiger partial charge in [-0.3, -0.25) is 4.79 Å². The zero-order valence-electron chi connectivity index (χ0n) is 14.0. The summed E-state index contributed by atoms with van der Waals surface area (Å²) in [5.74, 6) is -0.723. The molecule has 0 fully saturated rings. The summed E-state index contributed by atoms with van der Waals surface area (Å²) in [4.78, 5) is 10.3. The van der Waals surface area contributed by atoms with E-state index in [9.17, 15) is 15.0 Å². The maximum absolute atomic E-state index is 10.3. The molecule has 4 heteroatoms. The Morgan fingerprint density at radius 1 is 0.955 bits per heavy atom. The average Bonchev–Trinajstić information content (AvgIpc) is 2.46. The van der Waals surface area contributed by atoms with Gasteiger partial charge in [0.15, 0.2) is 0 Å². The molecule has 0 saturated carbocycles. The standard InChI is InChI=1S/C18H34O4/c1-2-3-7-11-16(19)13-10-14-17(20)12-8-5-4-6-9-15-18(21)22/h10,13,16-17,19-20H,2-9,11-12,14-15H2,1H3,(H,21,22)/b13-10+. The lowest BCUT2D eigenvalue weighted by Crippen LogP contribution is -2.06. The summed E-state index contributed by atoms with van der Waals surface area (Å²) in [6, 6.07) is 0. The van der Waals surface area contributed by atoms with Gasteiger partial charge in [0, 0.05) is 6.42 Å². The van der Waals surface area contributed by atoms with E-state index in [1.165, 1.54) is 0 Å². The molecule has 0 aromatic carbocycles. The largest absolute Gasteiger partial charge is 0.481 e. The van der Waals surface area contributed by atoms with Gasteiger partial charge in [-0.15, -0.1) is 0 Å². The second-order valence-electron chi connectivity index (χ2n) is 6.08. The van der Waals surface area contributed by atoms with Gasteiger partial charge in [-0.1, -0.05) is 64.0 Å². The quantitative estimate of drug-likeness (QED) is 0.315. The van der Waals surface area contributed by atoms with E-state index in [1.54, 1.807) is 6.08 Å². The van der Waals surface area contributed by atoms with Gasteiger partial charge >= 0.3 is 5.97 Å². The number of aliphatic carboxylic acids is 1. The first-order chi connectivity index (χ1) is 10.6. The molecule has 0 amide bonds. The zero-order valence-corrected chi connectivity index (χ0v) is 14.0. The molecular formula is C18H34O4. The van der Waals surface area contributed by atoms with Crippen molar-refractivity contribution in [2.45, 2.75) is 96.2 Å². The molecule has 22 heavy (non-hydrogen) atoms. The molecule has 0 aliphatic heterocycles. The maximum atomic E-state index is 10.3. The highest BCUT2D eigenvalue weighted by Crippen LogP contribution is 2.11. The van der Waals surface area contributed by atoms with Crippen molar-refractivity contribution in [3.05, 3.63) is 12.2 Å². The third kappa shape index (κ3) is 15.5. The summed E-state index contributed by atoms with van der Waals surface area (Å²) in [7, 11) is 0. The lowest BCUT2D eigenvalue weighted by molar-refractivity contribution is -0.137. The van der Waals surface area contributed by atoms with Crippen molar-refractivity contribution in [3.63, 3.8) is 0 Å². The molecule has 0 saturated heterocycles. The summed E-state index contributed by atoms with van der Waals surface area (Å²) in [5.41, 5.74) is 0. The van der Waals surface area contributed by atoms with E-state index in [1.807, 2.05) is 6.08 Å². The number of carboxylic acids is 1. The minimum Gasteiger partial charge on any atom is -0.481 e. The van der Waals surface area contributed by atoms with Gasteiger partial charge in [0.05, 0.1) is 12.2 Å². The van der Waals surface area contributed by atoms with Gasteiger partial charge in [0.2, 0.25) is 0 Å². The molecule has 0 bridgehead atoms. The highest BCUT2D eigenvalue weighted by Gasteiger charge is 2.03. The minimum absolute atomic E-state index is 0.258. The molecule has 4 nitrogen and oxygen atoms in total. The van der Waals surface area contributed by atoms with E-state index in [-0.39, 0.29) is 18.6 Å². The van der Waals surface area contributed by atoms with Crippen LogP contribution in [0.25, 0.3) is 0 Å². The summed E-state index contributed by atoms with van der Waals surface area (Å²) in [6.07, 6.45) is 13.5. The molecule has 3 N–H and O–H groups in total. The smallest absolute Gasteiger partial charge is 0.303 e. The van der Waals surface area contributed by atoms with Crippen LogP contribution in [0.5, 0.6) is 0 Å². The van der Waals surface area contributed by atoms with Gasteiger partial charge in [-0.05, 0) is 25.7 Å². The average molecular weight is 314 g/mol. The first-order valence-corrected chi connectivity index (χ1v) is 8.80. The molecule has 2 unspecified atom stereocenters. The van der Waals surface area contributed by atoms with Crippen molar-refractivity contribution < 1.29 is 20.1 Å². The fourth-order valence-electron chi connectivity index (χ4n) is 2.40. The SMILES string of the molecule is CCCCCC(O)/C=C/CC(O)CCCCCCCC(=O)O. The maximum Gasteiger partial charge on any atom is 0.303 e. The van der Waals surface area contributed by atoms with Crippen LogP contribution in [0.4, 0.5) is 0 Å². The fraction of sp³-hybridized carbons (Fsp3) is 0.833. The third-order valence-electron chi connectivity index (χ3n) is 3.80. The number of aliphatic hydroxyl groups excluding tert-OH is 2. The lowest BCUT2D eigenvalue weighted by atomic mass is 10.0. The van der Waals surface area contributed by atoms with Crippen LogP contribution in [0.1, 0.15) is 84.0 Å². The number of hydrogen-bond donors (Lipinski definition) is 3. The molecule has 2 atom stereocenters. The lowest BCUT2D eigenvalue weighted by Gasteiger charge is -2.08. The van der Waals surface area contributed by atoms with Crippen molar-refractivity contribution in [1.82, 2.24) is 0 Å². The van der Waals surface area contributed by atoms with Crippen LogP contribution in [-0.4, -0.2) is 33.5 Å². The van der Waals surface area contributed by atoms with Crippen molar-refractivity contribution in [2.24, 2.45) is 0 Å². The second kappa shape index (κ2) is 15.0. The van der Waals surface area contributed by atoms with Crippen LogP contribution in [0.15, 0.2) is 12.2 Å². The van der Waals surface area contributed by atoms with Crippen molar-refractivity contribution in [3.8, 4) is 0 Å². The Morgan fingerprint density at radius 3 is 2.27 bits per heavy atom. The van der Waals surface area contributed by atoms with E-state index in [2.05, 4.69) is 6.92 Å². The summed E-state index contributed by atoms with van der Waals surface area (Å²) in [6.45, 7) is 2.14. The van der Waals surface area contributed by atoms with Crippen LogP contribution in [0.3, 0.4) is 0 Å². The van der Waals surface area contributed by atoms with E-state index in [4.69, 9.17) is 5.11 Å². The monoisotopic (exact) mass is 314 g/mol. The van der Waals surface area contributed by atoms with Gasteiger partial charge in [0.25, 0.3) is 0 Å². The summed E-state index contributed by atoms with van der Waals surface area (Å²) < 4.78 is 0. The highest BCUT2D eigenvalue weighted by atomic mass is 16.4. The van der Waals surface area contributed by atoms with Gasteiger partial charge in [-0.25, -0.2) is 0 Å². The summed E-state index contributed by atoms with van der Waals surface area (Å²) in [5, 5.41) is 28.1. The Hall–Kier alpha value is -0.870. The first-order valence-electron chi connectivity index (χ1n) is 8.80. The second-order valence-corrected chi connectivity index (χ2v) is 6.08. The van der Waals surface area contributed by atoms with E-state index in [0.29, 0.717) is 6.42 Å². The van der Waals surface area contributed by atoms with Gasteiger partial charge in [-0.2, -0.15) is 0 Å². The molecule has 0 aromatic rings. The highest BCUT2D eigenvalue weighted by molar-refractivity contribution is 5.66. The van der Waals surface area contributed by atoms with Gasteiger partial charge in [0.1, 0.15) is 0 Å². The number of unbranched alkanes of at least 4 members (excludes halogenated alkanes) is 6. The van der Waals surface area contributed by atoms with Crippen LogP contribution >= 0.6 is 0 Å². The normalized spacial score (nSPS) is 14.3. The Morgan fingerprint density at radius 2 is 1.59 bits per heavy atom. The Balaban J connectivity index is 3.45. The Kier molecular flexibility index (Phi) is 14.4. The van der Waals surface area contributed by atoms with Crippen molar-refractivity contribution in [1.29, 1.82) is 0 Å². The van der Waals surface area contributed by atoms with Crippen molar-refractivity contribution >= 4 is 5.97 Å². The van der Waals surface area contributed by atoms with E-state index < -0.39 is 5.97 Å². The molecule has 0 aromatic heterocycles. The minimum atomic E-state index is -0.723. The zero-order chi connectivity index (χ0) is 16.6. The molecule has 0 heterocycles. The molecule has 130 valence electrons. The number of rotatable bonds is 15. The van der Waals surface area contributed by atoms with Crippen LogP contribution in [0.2, 0.25) is 0 Å². The third-order valence-corrected chi connectivity index (χ3v) is 3.80. The van der Waals surface area contributed by atoms with Crippen molar-refractivity contribution in [2.75, 3.05) is 0 Å². The molecular weight excluding hydrogens is 280 g/mol. The topological polar surface area (TPSA) is 77.8 Å². The predicted molar refractivity (Wildman–Crippen MR) is 89.9 cm³/mol. The van der Waals surface area contributed by atoms with Crippen LogP contribution < -0.4 is 0 Å². The molecule has 0 radical (unpaired) electrons. The number of aliphatic hydroxyl groups is 2. The number of hydrogen-bond acceptors (Lipinski definition) is 3. The summed E-state index contributed by atoms with van der Waals surface area (Å²) >= 11 is 0. The van der Waals surface area contributed by atoms with E-state index in [0.717, 1.165) is 64.2 Å². The Bertz CT molecular complexity index is 289. The molecule has 0 aliphatic carbocycles. The number of carboxylic acid groups (broad SMARTS) is 1. The van der Waals surface area contributed by atoms with E-state index >= 15 is 0 Å². The van der Waals surface area contributed by atoms with Crippen LogP contribution in [0, 0.1) is 0 Å². The number of carbonyl (C=O) groups is 1. The van der Waals surface area contributed by atoms with Crippen LogP contribution in [-0.2, 0) is 4.79 Å². The first kappa shape index (κ1) is 21.1. The predicted octanol–water partition coefficient (Wildman–Crippen LogP) is 4.05. The fourth-order valence-corrected chi connectivity index (χ4v) is 2.40.